The lowest BCUT2D eigenvalue weighted by Crippen LogP contribution is -2.31. The molecule has 4 heteroatoms. The summed E-state index contributed by atoms with van der Waals surface area (Å²) in [7, 11) is 1.65. The van der Waals surface area contributed by atoms with Crippen LogP contribution in [0, 0.1) is 0 Å². The van der Waals surface area contributed by atoms with Crippen molar-refractivity contribution in [3.8, 4) is 5.75 Å². The van der Waals surface area contributed by atoms with Gasteiger partial charge >= 0.3 is 0 Å². The smallest absolute Gasteiger partial charge is 0.221 e. The molecule has 0 aliphatic heterocycles. The van der Waals surface area contributed by atoms with Crippen molar-refractivity contribution in [2.75, 3.05) is 13.6 Å². The van der Waals surface area contributed by atoms with E-state index in [4.69, 9.17) is 0 Å². The third-order valence-electron chi connectivity index (χ3n) is 2.93. The van der Waals surface area contributed by atoms with E-state index >= 15 is 0 Å². The van der Waals surface area contributed by atoms with Crippen molar-refractivity contribution in [3.63, 3.8) is 0 Å². The Hall–Kier alpha value is -1.55. The molecule has 0 aliphatic rings. The molecule has 0 saturated carbocycles. The fourth-order valence-corrected chi connectivity index (χ4v) is 1.70. The Morgan fingerprint density at radius 3 is 2.61 bits per heavy atom. The van der Waals surface area contributed by atoms with Gasteiger partial charge in [-0.2, -0.15) is 0 Å². The topological polar surface area (TPSA) is 61.4 Å². The Balaban J connectivity index is 2.18. The Labute approximate surface area is 108 Å². The van der Waals surface area contributed by atoms with Crippen LogP contribution in [-0.2, 0) is 11.2 Å². The summed E-state index contributed by atoms with van der Waals surface area (Å²) in [5, 5.41) is 15.1. The minimum atomic E-state index is 0.0632. The number of carbonyl (C=O) groups excluding carboxylic acids is 1. The van der Waals surface area contributed by atoms with Gasteiger partial charge in [-0.3, -0.25) is 4.79 Å². The summed E-state index contributed by atoms with van der Waals surface area (Å²) in [6.45, 7) is 2.82. The molecule has 1 atom stereocenters. The first kappa shape index (κ1) is 14.5. The van der Waals surface area contributed by atoms with E-state index in [1.807, 2.05) is 12.1 Å². The Kier molecular flexibility index (Phi) is 6.22. The molecule has 1 aromatic rings. The van der Waals surface area contributed by atoms with Crippen LogP contribution in [0.5, 0.6) is 5.75 Å². The molecule has 1 unspecified atom stereocenters. The van der Waals surface area contributed by atoms with E-state index in [0.29, 0.717) is 24.8 Å². The highest BCUT2D eigenvalue weighted by Crippen LogP contribution is 2.11. The third-order valence-corrected chi connectivity index (χ3v) is 2.93. The number of phenolic OH excluding ortho intramolecular Hbond substituents is 1. The first-order valence-electron chi connectivity index (χ1n) is 6.33. The molecule has 0 aromatic heterocycles. The van der Waals surface area contributed by atoms with Gasteiger partial charge in [0.15, 0.2) is 0 Å². The lowest BCUT2D eigenvalue weighted by Gasteiger charge is -2.13. The number of phenols is 1. The van der Waals surface area contributed by atoms with Crippen LogP contribution >= 0.6 is 0 Å². The second-order valence-electron chi connectivity index (χ2n) is 4.48. The molecule has 1 aromatic carbocycles. The quantitative estimate of drug-likeness (QED) is 0.686. The molecule has 18 heavy (non-hydrogen) atoms. The minimum absolute atomic E-state index is 0.0632. The first-order chi connectivity index (χ1) is 8.61. The predicted octanol–water partition coefficient (Wildman–Crippen LogP) is 1.44. The molecule has 3 N–H and O–H groups in total. The number of carbonyl (C=O) groups is 1. The fraction of sp³-hybridized carbons (Fsp3) is 0.500. The van der Waals surface area contributed by atoms with Crippen molar-refractivity contribution in [1.29, 1.82) is 0 Å². The van der Waals surface area contributed by atoms with Gasteiger partial charge in [-0.05, 0) is 37.5 Å². The second-order valence-corrected chi connectivity index (χ2v) is 4.48. The number of hydrogen-bond donors (Lipinski definition) is 3. The number of aromatic hydroxyl groups is 1. The van der Waals surface area contributed by atoms with Crippen molar-refractivity contribution in [2.45, 2.75) is 32.2 Å². The van der Waals surface area contributed by atoms with E-state index in [9.17, 15) is 9.90 Å². The van der Waals surface area contributed by atoms with Crippen LogP contribution in [0.3, 0.4) is 0 Å². The molecular weight excluding hydrogens is 228 g/mol. The molecule has 4 nitrogen and oxygen atoms in total. The maximum absolute atomic E-state index is 11.0. The van der Waals surface area contributed by atoms with Crippen molar-refractivity contribution in [2.24, 2.45) is 0 Å². The Morgan fingerprint density at radius 1 is 1.33 bits per heavy atom. The molecule has 0 spiro atoms. The molecule has 0 aliphatic carbocycles. The predicted molar refractivity (Wildman–Crippen MR) is 72.6 cm³/mol. The largest absolute Gasteiger partial charge is 0.508 e. The molecule has 0 bridgehead atoms. The Morgan fingerprint density at radius 2 is 2.00 bits per heavy atom. The van der Waals surface area contributed by atoms with Gasteiger partial charge in [0.05, 0.1) is 0 Å². The molecule has 1 amide bonds. The van der Waals surface area contributed by atoms with Gasteiger partial charge in [0.25, 0.3) is 0 Å². The SMILES string of the molecule is CNC(=O)CCNC(C)CCc1ccc(O)cc1. The van der Waals surface area contributed by atoms with Gasteiger partial charge in [0.2, 0.25) is 5.91 Å². The standard InChI is InChI=1S/C14H22N2O2/c1-11(16-10-9-14(18)15-2)3-4-12-5-7-13(17)8-6-12/h5-8,11,16-17H,3-4,9-10H2,1-2H3,(H,15,18). The van der Waals surface area contributed by atoms with Crippen LogP contribution in [0.4, 0.5) is 0 Å². The zero-order valence-electron chi connectivity index (χ0n) is 11.1. The zero-order chi connectivity index (χ0) is 13.4. The van der Waals surface area contributed by atoms with Gasteiger partial charge in [-0.25, -0.2) is 0 Å². The van der Waals surface area contributed by atoms with Crippen molar-refractivity contribution >= 4 is 5.91 Å². The van der Waals surface area contributed by atoms with E-state index < -0.39 is 0 Å². The monoisotopic (exact) mass is 250 g/mol. The van der Waals surface area contributed by atoms with Crippen molar-refractivity contribution in [1.82, 2.24) is 10.6 Å². The van der Waals surface area contributed by atoms with Gasteiger partial charge in [-0.15, -0.1) is 0 Å². The van der Waals surface area contributed by atoms with E-state index in [2.05, 4.69) is 17.6 Å². The van der Waals surface area contributed by atoms with E-state index in [-0.39, 0.29) is 5.91 Å². The first-order valence-corrected chi connectivity index (χ1v) is 6.33. The molecular formula is C14H22N2O2. The highest BCUT2D eigenvalue weighted by atomic mass is 16.3. The summed E-state index contributed by atoms with van der Waals surface area (Å²) >= 11 is 0. The van der Waals surface area contributed by atoms with Crippen LogP contribution in [0.15, 0.2) is 24.3 Å². The molecule has 0 radical (unpaired) electrons. The van der Waals surface area contributed by atoms with E-state index in [1.165, 1.54) is 5.56 Å². The summed E-state index contributed by atoms with van der Waals surface area (Å²) < 4.78 is 0. The number of aryl methyl sites for hydroxylation is 1. The minimum Gasteiger partial charge on any atom is -0.508 e. The van der Waals surface area contributed by atoms with Gasteiger partial charge in [-0.1, -0.05) is 12.1 Å². The van der Waals surface area contributed by atoms with Crippen molar-refractivity contribution < 1.29 is 9.90 Å². The lowest BCUT2D eigenvalue weighted by molar-refractivity contribution is -0.120. The Bertz CT molecular complexity index is 363. The molecule has 0 saturated heterocycles. The maximum Gasteiger partial charge on any atom is 0.221 e. The van der Waals surface area contributed by atoms with Crippen LogP contribution in [0.2, 0.25) is 0 Å². The summed E-state index contributed by atoms with van der Waals surface area (Å²) in [6, 6.07) is 7.67. The molecule has 100 valence electrons. The second kappa shape index (κ2) is 7.71. The molecule has 0 fully saturated rings. The van der Waals surface area contributed by atoms with Gasteiger partial charge in [0, 0.05) is 26.1 Å². The van der Waals surface area contributed by atoms with Crippen LogP contribution in [0.25, 0.3) is 0 Å². The number of rotatable bonds is 7. The van der Waals surface area contributed by atoms with Gasteiger partial charge < -0.3 is 15.7 Å². The number of benzene rings is 1. The van der Waals surface area contributed by atoms with Gasteiger partial charge in [0.1, 0.15) is 5.75 Å². The molecule has 0 heterocycles. The molecule has 1 rings (SSSR count). The highest BCUT2D eigenvalue weighted by molar-refractivity contribution is 5.75. The van der Waals surface area contributed by atoms with Crippen molar-refractivity contribution in [3.05, 3.63) is 29.8 Å². The summed E-state index contributed by atoms with van der Waals surface area (Å²) in [4.78, 5) is 11.0. The highest BCUT2D eigenvalue weighted by Gasteiger charge is 2.03. The third kappa shape index (κ3) is 5.68. The van der Waals surface area contributed by atoms with Crippen LogP contribution in [0.1, 0.15) is 25.3 Å². The maximum atomic E-state index is 11.0. The summed E-state index contributed by atoms with van der Waals surface area (Å²) in [6.07, 6.45) is 2.49. The van der Waals surface area contributed by atoms with E-state index in [1.54, 1.807) is 19.2 Å². The normalized spacial score (nSPS) is 12.1. The average molecular weight is 250 g/mol. The number of amides is 1. The fourth-order valence-electron chi connectivity index (χ4n) is 1.70. The number of hydrogen-bond acceptors (Lipinski definition) is 3. The summed E-state index contributed by atoms with van der Waals surface area (Å²) in [5.74, 6) is 0.365. The number of nitrogens with one attached hydrogen (secondary N) is 2. The zero-order valence-corrected chi connectivity index (χ0v) is 11.1. The van der Waals surface area contributed by atoms with Crippen LogP contribution < -0.4 is 10.6 Å². The summed E-state index contributed by atoms with van der Waals surface area (Å²) in [5.41, 5.74) is 1.22. The lowest BCUT2D eigenvalue weighted by atomic mass is 10.1. The average Bonchev–Trinajstić information content (AvgIpc) is 2.38. The van der Waals surface area contributed by atoms with E-state index in [0.717, 1.165) is 12.8 Å². The van der Waals surface area contributed by atoms with Crippen LogP contribution in [-0.4, -0.2) is 30.6 Å².